The Kier molecular flexibility index (Phi) is 2.04. The van der Waals surface area contributed by atoms with Crippen molar-refractivity contribution in [3.8, 4) is 0 Å². The van der Waals surface area contributed by atoms with Gasteiger partial charge in [0.1, 0.15) is 0 Å². The van der Waals surface area contributed by atoms with Gasteiger partial charge in [-0.1, -0.05) is 6.92 Å². The monoisotopic (exact) mass is 141 g/mol. The molecule has 0 aromatic carbocycles. The van der Waals surface area contributed by atoms with Crippen molar-refractivity contribution in [2.75, 3.05) is 13.6 Å². The van der Waals surface area contributed by atoms with Crippen molar-refractivity contribution < 1.29 is 0 Å². The first-order valence-electron chi connectivity index (χ1n) is 4.30. The van der Waals surface area contributed by atoms with Gasteiger partial charge < -0.3 is 4.90 Å². The molecule has 0 bridgehead atoms. The lowest BCUT2D eigenvalue weighted by Gasteiger charge is -2.35. The van der Waals surface area contributed by atoms with Gasteiger partial charge in [-0.15, -0.1) is 0 Å². The summed E-state index contributed by atoms with van der Waals surface area (Å²) < 4.78 is 0. The zero-order valence-electron chi connectivity index (χ0n) is 7.65. The highest BCUT2D eigenvalue weighted by Crippen LogP contribution is 2.41. The molecule has 0 aromatic heterocycles. The molecule has 1 fully saturated rings. The van der Waals surface area contributed by atoms with Crippen molar-refractivity contribution in [1.82, 2.24) is 4.90 Å². The van der Waals surface area contributed by atoms with Crippen molar-refractivity contribution in [2.24, 2.45) is 5.92 Å². The molecule has 1 saturated carbocycles. The van der Waals surface area contributed by atoms with Crippen LogP contribution >= 0.6 is 0 Å². The topological polar surface area (TPSA) is 3.24 Å². The van der Waals surface area contributed by atoms with E-state index in [1.165, 1.54) is 19.4 Å². The largest absolute Gasteiger partial charge is 0.301 e. The normalized spacial score (nSPS) is 20.1. The second-order valence-electron chi connectivity index (χ2n) is 3.94. The lowest BCUT2D eigenvalue weighted by molar-refractivity contribution is 0.139. The van der Waals surface area contributed by atoms with Crippen LogP contribution in [0.4, 0.5) is 0 Å². The van der Waals surface area contributed by atoms with Gasteiger partial charge >= 0.3 is 0 Å². The highest BCUT2D eigenvalue weighted by Gasteiger charge is 2.39. The molecule has 1 aliphatic carbocycles. The van der Waals surface area contributed by atoms with Gasteiger partial charge in [0.05, 0.1) is 0 Å². The minimum atomic E-state index is 0.453. The Balaban J connectivity index is 2.47. The number of hydrogen-bond donors (Lipinski definition) is 0. The maximum absolute atomic E-state index is 2.45. The summed E-state index contributed by atoms with van der Waals surface area (Å²) in [6, 6.07) is 0. The Labute approximate surface area is 64.4 Å². The Morgan fingerprint density at radius 3 is 2.20 bits per heavy atom. The van der Waals surface area contributed by atoms with Gasteiger partial charge in [0.25, 0.3) is 0 Å². The summed E-state index contributed by atoms with van der Waals surface area (Å²) in [4.78, 5) is 2.45. The molecule has 0 N–H and O–H groups in total. The van der Waals surface area contributed by atoms with Crippen LogP contribution in [0.15, 0.2) is 0 Å². The summed E-state index contributed by atoms with van der Waals surface area (Å²) >= 11 is 0. The van der Waals surface area contributed by atoms with Gasteiger partial charge in [-0.3, -0.25) is 0 Å². The average molecular weight is 141 g/mol. The van der Waals surface area contributed by atoms with Gasteiger partial charge in [0.2, 0.25) is 0 Å². The van der Waals surface area contributed by atoms with Crippen LogP contribution in [0.25, 0.3) is 0 Å². The second-order valence-corrected chi connectivity index (χ2v) is 3.94. The highest BCUT2D eigenvalue weighted by molar-refractivity contribution is 4.94. The Morgan fingerprint density at radius 1 is 1.40 bits per heavy atom. The fraction of sp³-hybridized carbons (Fsp3) is 1.00. The highest BCUT2D eigenvalue weighted by atomic mass is 15.2. The molecule has 0 aromatic rings. The van der Waals surface area contributed by atoms with E-state index < -0.39 is 0 Å². The predicted molar refractivity (Wildman–Crippen MR) is 45.1 cm³/mol. The summed E-state index contributed by atoms with van der Waals surface area (Å²) in [5.41, 5.74) is 0.453. The van der Waals surface area contributed by atoms with Crippen LogP contribution in [-0.4, -0.2) is 24.0 Å². The number of rotatable bonds is 3. The Hall–Kier alpha value is -0.0400. The lowest BCUT2D eigenvalue weighted by Crippen LogP contribution is -2.42. The van der Waals surface area contributed by atoms with Crippen LogP contribution in [0.1, 0.15) is 33.6 Å². The summed E-state index contributed by atoms with van der Waals surface area (Å²) in [5.74, 6) is 0.970. The molecule has 0 spiro atoms. The summed E-state index contributed by atoms with van der Waals surface area (Å²) in [7, 11) is 2.22. The van der Waals surface area contributed by atoms with Crippen molar-refractivity contribution in [1.29, 1.82) is 0 Å². The maximum Gasteiger partial charge on any atom is 0.0178 e. The van der Waals surface area contributed by atoms with E-state index in [4.69, 9.17) is 0 Å². The molecule has 0 atom stereocenters. The minimum absolute atomic E-state index is 0.453. The van der Waals surface area contributed by atoms with E-state index in [-0.39, 0.29) is 0 Å². The van der Waals surface area contributed by atoms with E-state index in [0.29, 0.717) is 5.54 Å². The molecule has 10 heavy (non-hydrogen) atoms. The molecule has 0 unspecified atom stereocenters. The smallest absolute Gasteiger partial charge is 0.0178 e. The van der Waals surface area contributed by atoms with Gasteiger partial charge in [-0.05, 0) is 46.2 Å². The molecule has 0 heterocycles. The fourth-order valence-electron chi connectivity index (χ4n) is 1.51. The molecule has 1 rings (SSSR count). The predicted octanol–water partition coefficient (Wildman–Crippen LogP) is 2.13. The summed E-state index contributed by atoms with van der Waals surface area (Å²) in [6.45, 7) is 8.11. The first-order valence-corrected chi connectivity index (χ1v) is 4.30. The van der Waals surface area contributed by atoms with Crippen molar-refractivity contribution in [2.45, 2.75) is 39.2 Å². The molecule has 0 aliphatic heterocycles. The SMILES string of the molecule is CCN(C)C(C)(C)C1CC1. The van der Waals surface area contributed by atoms with E-state index in [2.05, 4.69) is 32.7 Å². The van der Waals surface area contributed by atoms with E-state index >= 15 is 0 Å². The molecule has 1 aliphatic rings. The van der Waals surface area contributed by atoms with Crippen LogP contribution in [0, 0.1) is 5.92 Å². The van der Waals surface area contributed by atoms with Gasteiger partial charge in [0.15, 0.2) is 0 Å². The Morgan fingerprint density at radius 2 is 1.90 bits per heavy atom. The van der Waals surface area contributed by atoms with E-state index in [1.807, 2.05) is 0 Å². The zero-order valence-corrected chi connectivity index (χ0v) is 7.65. The molecule has 0 saturated heterocycles. The quantitative estimate of drug-likeness (QED) is 0.582. The third-order valence-electron chi connectivity index (χ3n) is 3.03. The fourth-order valence-corrected chi connectivity index (χ4v) is 1.51. The van der Waals surface area contributed by atoms with Crippen LogP contribution in [-0.2, 0) is 0 Å². The average Bonchev–Trinajstić information content (AvgIpc) is 2.66. The number of nitrogens with zero attached hydrogens (tertiary/aromatic N) is 1. The molecular weight excluding hydrogens is 122 g/mol. The van der Waals surface area contributed by atoms with Crippen molar-refractivity contribution >= 4 is 0 Å². The van der Waals surface area contributed by atoms with E-state index in [9.17, 15) is 0 Å². The molecule has 1 heteroatoms. The summed E-state index contributed by atoms with van der Waals surface area (Å²) in [6.07, 6.45) is 2.88. The van der Waals surface area contributed by atoms with Gasteiger partial charge in [0, 0.05) is 5.54 Å². The van der Waals surface area contributed by atoms with Crippen LogP contribution in [0.5, 0.6) is 0 Å². The molecular formula is C9H19N. The second kappa shape index (κ2) is 2.54. The molecule has 0 amide bonds. The van der Waals surface area contributed by atoms with Crippen LogP contribution in [0.2, 0.25) is 0 Å². The maximum atomic E-state index is 2.45. The lowest BCUT2D eigenvalue weighted by atomic mass is 9.97. The summed E-state index contributed by atoms with van der Waals surface area (Å²) in [5, 5.41) is 0. The Bertz CT molecular complexity index is 114. The molecule has 0 radical (unpaired) electrons. The van der Waals surface area contributed by atoms with Crippen molar-refractivity contribution in [3.63, 3.8) is 0 Å². The first kappa shape index (κ1) is 8.06. The van der Waals surface area contributed by atoms with Gasteiger partial charge in [-0.25, -0.2) is 0 Å². The first-order chi connectivity index (χ1) is 4.59. The van der Waals surface area contributed by atoms with Crippen molar-refractivity contribution in [3.05, 3.63) is 0 Å². The van der Waals surface area contributed by atoms with Gasteiger partial charge in [-0.2, -0.15) is 0 Å². The molecule has 60 valence electrons. The van der Waals surface area contributed by atoms with Crippen LogP contribution < -0.4 is 0 Å². The number of hydrogen-bond acceptors (Lipinski definition) is 1. The van der Waals surface area contributed by atoms with Crippen LogP contribution in [0.3, 0.4) is 0 Å². The molecule has 1 nitrogen and oxygen atoms in total. The van der Waals surface area contributed by atoms with E-state index in [1.54, 1.807) is 0 Å². The van der Waals surface area contributed by atoms with E-state index in [0.717, 1.165) is 5.92 Å². The standard InChI is InChI=1S/C9H19N/c1-5-10(4)9(2,3)8-6-7-8/h8H,5-7H2,1-4H3. The third-order valence-corrected chi connectivity index (χ3v) is 3.03. The third kappa shape index (κ3) is 1.34. The zero-order chi connectivity index (χ0) is 7.78. The minimum Gasteiger partial charge on any atom is -0.301 e.